The number of unbranched alkanes of at least 4 members (excludes halogenated alkanes) is 24. The number of ether oxygens (including phenoxy) is 2. The van der Waals surface area contributed by atoms with Crippen molar-refractivity contribution in [1.29, 1.82) is 0 Å². The van der Waals surface area contributed by atoms with Gasteiger partial charge in [0, 0.05) is 0 Å². The molecule has 1 aliphatic heterocycles. The van der Waals surface area contributed by atoms with Crippen molar-refractivity contribution in [1.82, 2.24) is 5.32 Å². The number of carbonyl (C=O) groups is 1. The molecule has 330 valence electrons. The third kappa shape index (κ3) is 25.2. The van der Waals surface area contributed by atoms with E-state index in [0.29, 0.717) is 12.8 Å². The Morgan fingerprint density at radius 1 is 0.607 bits per heavy atom. The summed E-state index contributed by atoms with van der Waals surface area (Å²) in [5.74, 6) is -0.790. The van der Waals surface area contributed by atoms with Gasteiger partial charge in [0.15, 0.2) is 12.6 Å². The predicted molar refractivity (Wildman–Crippen MR) is 224 cm³/mol. The molecule has 8 N–H and O–H groups in total. The summed E-state index contributed by atoms with van der Waals surface area (Å²) in [6.45, 7) is 3.74. The first kappa shape index (κ1) is 52.6. The van der Waals surface area contributed by atoms with E-state index < -0.39 is 67.8 Å². The zero-order valence-electron chi connectivity index (χ0n) is 35.4. The molecule has 1 amide bonds. The van der Waals surface area contributed by atoms with Crippen LogP contribution in [0.4, 0.5) is 0 Å². The maximum Gasteiger partial charge on any atom is 0.249 e. The molecule has 1 aliphatic rings. The molecule has 11 nitrogen and oxygen atoms in total. The lowest BCUT2D eigenvalue weighted by atomic mass is 9.99. The lowest BCUT2D eigenvalue weighted by Gasteiger charge is -2.41. The fourth-order valence-electron chi connectivity index (χ4n) is 7.18. The molecule has 1 rings (SSSR count). The Labute approximate surface area is 340 Å². The van der Waals surface area contributed by atoms with Crippen molar-refractivity contribution in [2.45, 2.75) is 249 Å². The van der Waals surface area contributed by atoms with E-state index in [1.165, 1.54) is 122 Å². The van der Waals surface area contributed by atoms with Gasteiger partial charge in [-0.15, -0.1) is 0 Å². The Morgan fingerprint density at radius 3 is 1.55 bits per heavy atom. The van der Waals surface area contributed by atoms with Gasteiger partial charge in [0.2, 0.25) is 5.91 Å². The molecule has 0 bridgehead atoms. The topological polar surface area (TPSA) is 189 Å². The van der Waals surface area contributed by atoms with E-state index in [-0.39, 0.29) is 6.42 Å². The Morgan fingerprint density at radius 2 is 1.05 bits per heavy atom. The number of aliphatic hydroxyl groups is 7. The van der Waals surface area contributed by atoms with E-state index in [1.54, 1.807) is 6.08 Å². The third-order valence-corrected chi connectivity index (χ3v) is 11.0. The molecule has 0 radical (unpaired) electrons. The fourth-order valence-corrected chi connectivity index (χ4v) is 7.18. The summed E-state index contributed by atoms with van der Waals surface area (Å²) in [6, 6.07) is -1.47. The second-order valence-electron chi connectivity index (χ2n) is 16.1. The molecule has 1 fully saturated rings. The van der Waals surface area contributed by atoms with Crippen molar-refractivity contribution in [3.8, 4) is 0 Å². The maximum absolute atomic E-state index is 13.0. The number of carbonyl (C=O) groups excluding carboxylic acids is 1. The normalized spacial score (nSPS) is 22.5. The number of hydrogen-bond donors (Lipinski definition) is 8. The molecule has 11 heteroatoms. The zero-order valence-corrected chi connectivity index (χ0v) is 35.4. The smallest absolute Gasteiger partial charge is 0.249 e. The van der Waals surface area contributed by atoms with Crippen LogP contribution >= 0.6 is 0 Å². The van der Waals surface area contributed by atoms with E-state index in [9.17, 15) is 40.5 Å². The summed E-state index contributed by atoms with van der Waals surface area (Å²) in [4.78, 5) is 13.0. The molecule has 1 saturated heterocycles. The van der Waals surface area contributed by atoms with Gasteiger partial charge in [0.05, 0.1) is 12.7 Å². The van der Waals surface area contributed by atoms with Crippen LogP contribution in [-0.2, 0) is 14.3 Å². The monoisotopic (exact) mass is 800 g/mol. The first-order valence-electron chi connectivity index (χ1n) is 22.8. The van der Waals surface area contributed by atoms with Crippen LogP contribution in [0, 0.1) is 0 Å². The lowest BCUT2D eigenvalue weighted by molar-refractivity contribution is -0.336. The van der Waals surface area contributed by atoms with Crippen LogP contribution in [0.25, 0.3) is 0 Å². The van der Waals surface area contributed by atoms with Crippen LogP contribution in [0.1, 0.15) is 194 Å². The first-order valence-corrected chi connectivity index (χ1v) is 22.8. The Hall–Kier alpha value is -1.41. The molecule has 0 aromatic rings. The first-order chi connectivity index (χ1) is 27.2. The van der Waals surface area contributed by atoms with E-state index in [1.807, 2.05) is 0 Å². The SMILES string of the molecule is CCCCCC=CCCC=CC(O)C(NC(=O)C(O)CCCCCCCCCCCCCCCCCCCCCCC)C(O)OC1OC(CO)C(O)C(O)C1O. The molecule has 1 heterocycles. The minimum atomic E-state index is -1.95. The number of aliphatic hydroxyl groups excluding tert-OH is 7. The lowest BCUT2D eigenvalue weighted by Crippen LogP contribution is -2.61. The molecule has 0 aromatic carbocycles. The maximum atomic E-state index is 13.0. The van der Waals surface area contributed by atoms with Gasteiger partial charge in [-0.3, -0.25) is 4.79 Å². The van der Waals surface area contributed by atoms with Gasteiger partial charge in [-0.2, -0.15) is 0 Å². The third-order valence-electron chi connectivity index (χ3n) is 11.0. The van der Waals surface area contributed by atoms with Gasteiger partial charge in [-0.1, -0.05) is 186 Å². The van der Waals surface area contributed by atoms with Crippen molar-refractivity contribution in [3.63, 3.8) is 0 Å². The Kier molecular flexibility index (Phi) is 33.4. The molecule has 0 aromatic heterocycles. The van der Waals surface area contributed by atoms with Crippen LogP contribution < -0.4 is 5.32 Å². The average Bonchev–Trinajstić information content (AvgIpc) is 3.19. The van der Waals surface area contributed by atoms with E-state index in [0.717, 1.165) is 44.9 Å². The summed E-state index contributed by atoms with van der Waals surface area (Å²) in [5, 5.41) is 75.2. The van der Waals surface area contributed by atoms with Crippen molar-refractivity contribution >= 4 is 5.91 Å². The van der Waals surface area contributed by atoms with Crippen LogP contribution in [0.15, 0.2) is 24.3 Å². The van der Waals surface area contributed by atoms with Gasteiger partial charge in [0.1, 0.15) is 36.6 Å². The van der Waals surface area contributed by atoms with Gasteiger partial charge in [-0.05, 0) is 32.1 Å². The van der Waals surface area contributed by atoms with E-state index >= 15 is 0 Å². The highest BCUT2D eigenvalue weighted by molar-refractivity contribution is 5.80. The standard InChI is InChI=1S/C45H85NO10/c1-3-5-7-9-11-13-14-15-16-17-18-19-20-21-22-23-24-26-28-30-32-34-37(49)43(53)46-39(36(48)33-31-29-27-25-12-10-8-6-4-2)44(54)56-45-42(52)41(51)40(50)38(35-47)55-45/h12,25,31,33,36-42,44-45,47-52,54H,3-11,13-24,26-30,32,34-35H2,1-2H3,(H,46,53). The van der Waals surface area contributed by atoms with Gasteiger partial charge >= 0.3 is 0 Å². The number of hydrogen-bond acceptors (Lipinski definition) is 10. The van der Waals surface area contributed by atoms with Gasteiger partial charge < -0.3 is 50.5 Å². The van der Waals surface area contributed by atoms with Crippen molar-refractivity contribution in [3.05, 3.63) is 24.3 Å². The number of nitrogens with one attached hydrogen (secondary N) is 1. The summed E-state index contributed by atoms with van der Waals surface area (Å²) >= 11 is 0. The molecular weight excluding hydrogens is 714 g/mol. The Bertz CT molecular complexity index is 965. The van der Waals surface area contributed by atoms with Crippen LogP contribution in [0.3, 0.4) is 0 Å². The summed E-state index contributed by atoms with van der Waals surface area (Å²) < 4.78 is 10.8. The quantitative estimate of drug-likeness (QED) is 0.0179. The molecule has 0 saturated carbocycles. The Balaban J connectivity index is 2.38. The molecule has 0 aliphatic carbocycles. The van der Waals surface area contributed by atoms with Crippen LogP contribution in [0.2, 0.25) is 0 Å². The average molecular weight is 800 g/mol. The highest BCUT2D eigenvalue weighted by Gasteiger charge is 2.46. The highest BCUT2D eigenvalue weighted by Crippen LogP contribution is 2.24. The zero-order chi connectivity index (χ0) is 41.2. The molecule has 0 spiro atoms. The van der Waals surface area contributed by atoms with Gasteiger partial charge in [-0.25, -0.2) is 0 Å². The minimum absolute atomic E-state index is 0.220. The second-order valence-corrected chi connectivity index (χ2v) is 16.1. The molecular formula is C45H85NO10. The molecule has 9 unspecified atom stereocenters. The van der Waals surface area contributed by atoms with Crippen molar-refractivity contribution in [2.75, 3.05) is 6.61 Å². The summed E-state index contributed by atoms with van der Waals surface area (Å²) in [6.07, 6.45) is 27.2. The van der Waals surface area contributed by atoms with Crippen molar-refractivity contribution < 1.29 is 50.0 Å². The number of allylic oxidation sites excluding steroid dienone is 3. The highest BCUT2D eigenvalue weighted by atomic mass is 16.7. The largest absolute Gasteiger partial charge is 0.394 e. The fraction of sp³-hybridized carbons (Fsp3) is 0.889. The summed E-state index contributed by atoms with van der Waals surface area (Å²) in [5.41, 5.74) is 0. The number of rotatable bonds is 37. The van der Waals surface area contributed by atoms with E-state index in [2.05, 4.69) is 31.3 Å². The van der Waals surface area contributed by atoms with Crippen molar-refractivity contribution in [2.24, 2.45) is 0 Å². The predicted octanol–water partition coefficient (Wildman–Crippen LogP) is 7.40. The number of amides is 1. The van der Waals surface area contributed by atoms with Gasteiger partial charge in [0.25, 0.3) is 0 Å². The summed E-state index contributed by atoms with van der Waals surface area (Å²) in [7, 11) is 0. The minimum Gasteiger partial charge on any atom is -0.394 e. The second kappa shape index (κ2) is 35.5. The van der Waals surface area contributed by atoms with E-state index in [4.69, 9.17) is 9.47 Å². The molecule has 9 atom stereocenters. The molecule has 56 heavy (non-hydrogen) atoms. The van der Waals surface area contributed by atoms with Crippen LogP contribution in [-0.4, -0.2) is 104 Å². The van der Waals surface area contributed by atoms with Crippen LogP contribution in [0.5, 0.6) is 0 Å².